The molecule has 1 saturated heterocycles. The van der Waals surface area contributed by atoms with Crippen LogP contribution in [0.1, 0.15) is 104 Å². The van der Waals surface area contributed by atoms with Gasteiger partial charge in [-0.25, -0.2) is 23.1 Å². The number of rotatable bonds is 39. The Balaban J connectivity index is 1.53. The molecule has 1 aromatic heterocycles. The third kappa shape index (κ3) is 28.5. The van der Waals surface area contributed by atoms with Crippen molar-refractivity contribution in [1.82, 2.24) is 30.9 Å². The van der Waals surface area contributed by atoms with Gasteiger partial charge in [-0.1, -0.05) is 42.3 Å². The SMILES string of the molecule is COC(=O)[C@@]1(OCCCCCCOCc2cn(CCOCCOCCOCCOCCNC(=O)OC(C)(C)C)nn2)C[C@H](OC(C)=O)[C@@H](NC(=O)COC(C)=O)[C@H]([C@H](OC(C)=O)[C@@H](CNC(=O)Cc2ccc(C(F)F)cc2)OC(C)=O)O1. The number of carbonyl (C=O) groups excluding carboxylic acids is 8. The van der Waals surface area contributed by atoms with Crippen LogP contribution < -0.4 is 16.0 Å². The van der Waals surface area contributed by atoms with E-state index in [0.29, 0.717) is 109 Å². The predicted octanol–water partition coefficient (Wildman–Crippen LogP) is 2.76. The summed E-state index contributed by atoms with van der Waals surface area (Å²) in [6.07, 6.45) is -6.99. The number of ether oxygens (including phenoxy) is 13. The highest BCUT2D eigenvalue weighted by Gasteiger charge is 2.59. The number of amides is 3. The molecule has 1 aromatic carbocycles. The number of unbranched alkanes of at least 4 members (excludes halogenated alkanes) is 3. The summed E-state index contributed by atoms with van der Waals surface area (Å²) in [5, 5.41) is 16.0. The summed E-state index contributed by atoms with van der Waals surface area (Å²) in [5.41, 5.74) is 0.153. The summed E-state index contributed by atoms with van der Waals surface area (Å²) < 4.78 is 100. The van der Waals surface area contributed by atoms with Crippen molar-refractivity contribution >= 4 is 47.8 Å². The smallest absolute Gasteiger partial charge is 0.407 e. The number of nitrogens with one attached hydrogen (secondary N) is 3. The maximum atomic E-state index is 13.9. The van der Waals surface area contributed by atoms with E-state index in [2.05, 4.69) is 26.3 Å². The molecule has 0 bridgehead atoms. The lowest BCUT2D eigenvalue weighted by molar-refractivity contribution is -0.313. The standard InChI is InChI=1S/C53H80F2N6O21/c1-35(62)76-34-45(67)58-46-42(78-36(2)63)30-53(50(68)70-8,81-48(46)47(80-38(4)65)43(79-37(3)64)31-57-44(66)29-39-13-15-40(16-14-39)49(54)55)77-20-12-10-9-11-19-75-33-41-32-61(60-59-41)18-22-72-24-26-74-28-27-73-25-23-71-21-17-56-51(69)82-52(5,6)7/h13-16,32,42-43,46-49H,9-12,17-31,33-34H2,1-8H3,(H,56,69)(H,57,66)(H,58,67)/t42-,43+,46+,47+,48+,53+/m0/s1. The van der Waals surface area contributed by atoms with Gasteiger partial charge in [0.15, 0.2) is 18.8 Å². The molecule has 2 heterocycles. The van der Waals surface area contributed by atoms with Crippen LogP contribution in [0.25, 0.3) is 0 Å². The lowest BCUT2D eigenvalue weighted by Gasteiger charge is -2.48. The van der Waals surface area contributed by atoms with Gasteiger partial charge in [0.2, 0.25) is 5.91 Å². The third-order valence-electron chi connectivity index (χ3n) is 11.4. The normalized spacial score (nSPS) is 17.7. The Hall–Kier alpha value is -6.50. The van der Waals surface area contributed by atoms with Gasteiger partial charge in [-0.2, -0.15) is 0 Å². The van der Waals surface area contributed by atoms with Gasteiger partial charge in [-0.05, 0) is 39.2 Å². The van der Waals surface area contributed by atoms with Crippen molar-refractivity contribution in [2.24, 2.45) is 0 Å². The first-order chi connectivity index (χ1) is 39.0. The minimum absolute atomic E-state index is 0.148. The molecule has 29 heteroatoms. The fourth-order valence-corrected chi connectivity index (χ4v) is 7.83. The zero-order valence-electron chi connectivity index (χ0n) is 47.9. The number of methoxy groups -OCH3 is 1. The van der Waals surface area contributed by atoms with Crippen molar-refractivity contribution in [2.45, 2.75) is 148 Å². The second-order valence-electron chi connectivity index (χ2n) is 19.5. The summed E-state index contributed by atoms with van der Waals surface area (Å²) in [7, 11) is 1.04. The number of alkyl carbamates (subject to hydrolysis) is 1. The molecule has 0 aliphatic carbocycles. The number of aromatic nitrogens is 3. The van der Waals surface area contributed by atoms with E-state index in [1.54, 1.807) is 31.6 Å². The topological polar surface area (TPSA) is 323 Å². The van der Waals surface area contributed by atoms with Crippen LogP contribution in [-0.2, 0) is 115 Å². The monoisotopic (exact) mass is 1170 g/mol. The second-order valence-corrected chi connectivity index (χ2v) is 19.5. The average Bonchev–Trinajstić information content (AvgIpc) is 2.81. The third-order valence-corrected chi connectivity index (χ3v) is 11.4. The van der Waals surface area contributed by atoms with E-state index in [1.807, 2.05) is 0 Å². The van der Waals surface area contributed by atoms with E-state index in [9.17, 15) is 47.1 Å². The number of esters is 5. The average molecular weight is 1180 g/mol. The Bertz CT molecular complexity index is 2290. The van der Waals surface area contributed by atoms with Crippen LogP contribution in [0.3, 0.4) is 0 Å². The number of alkyl halides is 2. The molecule has 0 unspecified atom stereocenters. The van der Waals surface area contributed by atoms with Gasteiger partial charge < -0.3 is 77.5 Å². The predicted molar refractivity (Wildman–Crippen MR) is 279 cm³/mol. The molecule has 3 rings (SSSR count). The molecular formula is C53H80F2N6O21. The van der Waals surface area contributed by atoms with E-state index in [1.165, 1.54) is 12.1 Å². The number of hydrogen-bond donors (Lipinski definition) is 3. The molecule has 1 aliphatic rings. The van der Waals surface area contributed by atoms with Gasteiger partial charge in [-0.15, -0.1) is 5.10 Å². The molecule has 3 N–H and O–H groups in total. The molecule has 6 atom stereocenters. The summed E-state index contributed by atoms with van der Waals surface area (Å²) in [4.78, 5) is 102. The van der Waals surface area contributed by atoms with Crippen molar-refractivity contribution in [3.63, 3.8) is 0 Å². The Labute approximate surface area is 474 Å². The highest BCUT2D eigenvalue weighted by Crippen LogP contribution is 2.37. The molecule has 1 aliphatic heterocycles. The number of halogens is 2. The summed E-state index contributed by atoms with van der Waals surface area (Å²) in [5.74, 6) is -8.80. The van der Waals surface area contributed by atoms with E-state index >= 15 is 0 Å². The van der Waals surface area contributed by atoms with Crippen molar-refractivity contribution in [1.29, 1.82) is 0 Å². The van der Waals surface area contributed by atoms with E-state index in [-0.39, 0.29) is 25.2 Å². The second kappa shape index (κ2) is 37.6. The van der Waals surface area contributed by atoms with Gasteiger partial charge >= 0.3 is 35.9 Å². The van der Waals surface area contributed by atoms with Crippen LogP contribution >= 0.6 is 0 Å². The van der Waals surface area contributed by atoms with Crippen molar-refractivity contribution in [3.05, 3.63) is 47.3 Å². The van der Waals surface area contributed by atoms with Crippen molar-refractivity contribution < 1.29 is 109 Å². The minimum atomic E-state index is -2.73. The van der Waals surface area contributed by atoms with Gasteiger partial charge in [0.1, 0.15) is 23.5 Å². The number of carbonyl (C=O) groups is 8. The Kier molecular flexibility index (Phi) is 32.0. The number of hydrogen-bond acceptors (Lipinski definition) is 23. The Morgan fingerprint density at radius 1 is 0.744 bits per heavy atom. The van der Waals surface area contributed by atoms with Crippen LogP contribution in [0.5, 0.6) is 0 Å². The first-order valence-electron chi connectivity index (χ1n) is 26.7. The zero-order chi connectivity index (χ0) is 60.5. The molecular weight excluding hydrogens is 1090 g/mol. The van der Waals surface area contributed by atoms with Gasteiger partial charge in [0.25, 0.3) is 18.1 Å². The van der Waals surface area contributed by atoms with Crippen LogP contribution in [0.4, 0.5) is 13.6 Å². The first kappa shape index (κ1) is 69.8. The zero-order valence-corrected chi connectivity index (χ0v) is 47.9. The minimum Gasteiger partial charge on any atom is -0.465 e. The summed E-state index contributed by atoms with van der Waals surface area (Å²) in [6, 6.07) is 3.43. The largest absolute Gasteiger partial charge is 0.465 e. The van der Waals surface area contributed by atoms with Crippen LogP contribution in [0, 0.1) is 0 Å². The van der Waals surface area contributed by atoms with Gasteiger partial charge in [-0.3, -0.25) is 28.8 Å². The lowest BCUT2D eigenvalue weighted by atomic mass is 9.87. The van der Waals surface area contributed by atoms with E-state index in [4.69, 9.17) is 61.6 Å². The fourth-order valence-electron chi connectivity index (χ4n) is 7.83. The first-order valence-corrected chi connectivity index (χ1v) is 26.7. The Morgan fingerprint density at radius 2 is 1.37 bits per heavy atom. The number of nitrogens with zero attached hydrogens (tertiary/aromatic N) is 3. The van der Waals surface area contributed by atoms with Gasteiger partial charge in [0, 0.05) is 46.4 Å². The van der Waals surface area contributed by atoms with E-state index in [0.717, 1.165) is 46.9 Å². The molecule has 462 valence electrons. The molecule has 0 spiro atoms. The molecule has 82 heavy (non-hydrogen) atoms. The molecule has 0 saturated carbocycles. The maximum absolute atomic E-state index is 13.9. The summed E-state index contributed by atoms with van der Waals surface area (Å²) >= 11 is 0. The lowest BCUT2D eigenvalue weighted by Crippen LogP contribution is -2.70. The molecule has 0 radical (unpaired) electrons. The molecule has 3 amide bonds. The van der Waals surface area contributed by atoms with Crippen molar-refractivity contribution in [3.8, 4) is 0 Å². The Morgan fingerprint density at radius 3 is 1.95 bits per heavy atom. The quantitative estimate of drug-likeness (QED) is 0.0492. The van der Waals surface area contributed by atoms with Crippen LogP contribution in [-0.4, -0.2) is 197 Å². The molecule has 1 fully saturated rings. The van der Waals surface area contributed by atoms with Crippen LogP contribution in [0.15, 0.2) is 30.5 Å². The van der Waals surface area contributed by atoms with Crippen molar-refractivity contribution in [2.75, 3.05) is 92.9 Å². The summed E-state index contributed by atoms with van der Waals surface area (Å²) in [6.45, 7) is 12.3. The van der Waals surface area contributed by atoms with Gasteiger partial charge in [0.05, 0.1) is 111 Å². The maximum Gasteiger partial charge on any atom is 0.407 e. The highest BCUT2D eigenvalue weighted by atomic mass is 19.3. The molecule has 27 nitrogen and oxygen atoms in total. The fraction of sp³-hybridized carbons (Fsp3) is 0.698. The number of benzene rings is 1. The van der Waals surface area contributed by atoms with E-state index < -0.39 is 116 Å². The molecule has 2 aromatic rings. The highest BCUT2D eigenvalue weighted by molar-refractivity contribution is 5.81. The van der Waals surface area contributed by atoms with Crippen LogP contribution in [0.2, 0.25) is 0 Å².